The fourth-order valence-corrected chi connectivity index (χ4v) is 3.66. The van der Waals surface area contributed by atoms with Crippen molar-refractivity contribution in [2.45, 2.75) is 63.0 Å². The molecule has 1 aliphatic rings. The monoisotopic (exact) mass is 420 g/mol. The van der Waals surface area contributed by atoms with Crippen LogP contribution in [0.1, 0.15) is 57.4 Å². The van der Waals surface area contributed by atoms with Gasteiger partial charge >= 0.3 is 11.7 Å². The number of aliphatic hydroxyl groups is 1. The zero-order valence-electron chi connectivity index (χ0n) is 16.7. The molecule has 0 spiro atoms. The summed E-state index contributed by atoms with van der Waals surface area (Å²) in [4.78, 5) is 38.6. The zero-order chi connectivity index (χ0) is 22.1. The number of nitrogen functional groups attached to an aromatic ring is 1. The van der Waals surface area contributed by atoms with E-state index in [2.05, 4.69) is 10.9 Å². The van der Waals surface area contributed by atoms with Crippen LogP contribution >= 0.6 is 0 Å². The molecule has 1 aromatic heterocycles. The fourth-order valence-electron chi connectivity index (χ4n) is 3.66. The lowest BCUT2D eigenvalue weighted by Gasteiger charge is -2.23. The van der Waals surface area contributed by atoms with Crippen LogP contribution in [0.5, 0.6) is 0 Å². The molecule has 5 N–H and O–H groups in total. The highest BCUT2D eigenvalue weighted by molar-refractivity contribution is 5.74. The summed E-state index contributed by atoms with van der Waals surface area (Å²) in [5.74, 6) is 1.17. The number of ether oxygens (including phenoxy) is 1. The number of carbonyl (C=O) groups excluding carboxylic acids is 2. The Labute approximate surface area is 174 Å². The van der Waals surface area contributed by atoms with Crippen LogP contribution in [0, 0.1) is 18.3 Å². The number of carbonyl (C=O) groups is 2. The van der Waals surface area contributed by atoms with Crippen molar-refractivity contribution in [2.75, 3.05) is 12.3 Å². The summed E-state index contributed by atoms with van der Waals surface area (Å²) in [6.45, 7) is -0.0378. The van der Waals surface area contributed by atoms with Gasteiger partial charge in [-0.05, 0) is 25.3 Å². The van der Waals surface area contributed by atoms with Crippen molar-refractivity contribution in [3.8, 4) is 12.3 Å². The molecule has 0 saturated heterocycles. The molecule has 164 valence electrons. The SMILES string of the molecule is C#CC1(O)CC(n2ccc(N)nc2=O)CC1COC(=O)CCCCCCC(=O)NO. The molecule has 2 rings (SSSR count). The highest BCUT2D eigenvalue weighted by Crippen LogP contribution is 2.41. The summed E-state index contributed by atoms with van der Waals surface area (Å²) in [6.07, 6.45) is 10.8. The van der Waals surface area contributed by atoms with Crippen molar-refractivity contribution < 1.29 is 24.6 Å². The number of hydrogen-bond acceptors (Lipinski definition) is 8. The number of hydrogen-bond donors (Lipinski definition) is 4. The number of hydroxylamine groups is 1. The fraction of sp³-hybridized carbons (Fsp3) is 0.600. The van der Waals surface area contributed by atoms with Crippen molar-refractivity contribution in [1.82, 2.24) is 15.0 Å². The summed E-state index contributed by atoms with van der Waals surface area (Å²) < 4.78 is 6.69. The number of esters is 1. The van der Waals surface area contributed by atoms with Gasteiger partial charge in [-0.2, -0.15) is 4.98 Å². The predicted octanol–water partition coefficient (Wildman–Crippen LogP) is 0.530. The lowest BCUT2D eigenvalue weighted by molar-refractivity contribution is -0.146. The lowest BCUT2D eigenvalue weighted by Crippen LogP contribution is -2.35. The van der Waals surface area contributed by atoms with E-state index in [0.29, 0.717) is 19.3 Å². The van der Waals surface area contributed by atoms with Gasteiger partial charge in [0.05, 0.1) is 6.61 Å². The average molecular weight is 420 g/mol. The third kappa shape index (κ3) is 6.30. The first-order valence-corrected chi connectivity index (χ1v) is 9.92. The van der Waals surface area contributed by atoms with Crippen molar-refractivity contribution >= 4 is 17.7 Å². The quantitative estimate of drug-likeness (QED) is 0.140. The molecule has 1 fully saturated rings. The minimum Gasteiger partial charge on any atom is -0.465 e. The number of terminal acetylenes is 1. The van der Waals surface area contributed by atoms with E-state index in [0.717, 1.165) is 12.8 Å². The summed E-state index contributed by atoms with van der Waals surface area (Å²) >= 11 is 0. The van der Waals surface area contributed by atoms with Gasteiger partial charge in [0.25, 0.3) is 0 Å². The van der Waals surface area contributed by atoms with Gasteiger partial charge in [0.2, 0.25) is 5.91 Å². The first-order chi connectivity index (χ1) is 14.3. The first kappa shape index (κ1) is 23.4. The van der Waals surface area contributed by atoms with Crippen LogP contribution in [-0.2, 0) is 14.3 Å². The maximum atomic E-state index is 12.1. The second-order valence-electron chi connectivity index (χ2n) is 7.53. The second-order valence-corrected chi connectivity index (χ2v) is 7.53. The van der Waals surface area contributed by atoms with Gasteiger partial charge in [-0.15, -0.1) is 6.42 Å². The molecule has 3 atom stereocenters. The molecule has 0 radical (unpaired) electrons. The van der Waals surface area contributed by atoms with E-state index >= 15 is 0 Å². The first-order valence-electron chi connectivity index (χ1n) is 9.92. The standard InChI is InChI=1S/C20H28N4O6/c1-2-20(28)12-15(24-10-9-16(21)22-19(24)27)11-14(20)13-30-18(26)8-6-4-3-5-7-17(25)23-29/h1,9-10,14-15,28-29H,3-8,11-13H2,(H,23,25)(H2,21,22,27). The molecular formula is C20H28N4O6. The minimum atomic E-state index is -1.49. The summed E-state index contributed by atoms with van der Waals surface area (Å²) in [5, 5.41) is 19.2. The molecule has 1 saturated carbocycles. The Balaban J connectivity index is 1.79. The minimum absolute atomic E-state index is 0.0378. The molecule has 1 aromatic rings. The second kappa shape index (κ2) is 10.8. The van der Waals surface area contributed by atoms with Gasteiger partial charge in [0.15, 0.2) is 0 Å². The van der Waals surface area contributed by atoms with Crippen molar-refractivity contribution in [2.24, 2.45) is 5.92 Å². The maximum absolute atomic E-state index is 12.1. The summed E-state index contributed by atoms with van der Waals surface area (Å²) in [7, 11) is 0. The lowest BCUT2D eigenvalue weighted by atomic mass is 9.92. The van der Waals surface area contributed by atoms with E-state index in [-0.39, 0.29) is 37.7 Å². The molecule has 10 heteroatoms. The third-order valence-corrected chi connectivity index (χ3v) is 5.38. The van der Waals surface area contributed by atoms with E-state index in [1.807, 2.05) is 0 Å². The van der Waals surface area contributed by atoms with E-state index in [4.69, 9.17) is 22.1 Å². The molecule has 1 aliphatic carbocycles. The smallest absolute Gasteiger partial charge is 0.349 e. The highest BCUT2D eigenvalue weighted by atomic mass is 16.5. The number of rotatable bonds is 10. The number of aromatic nitrogens is 2. The van der Waals surface area contributed by atoms with Crippen LogP contribution in [0.15, 0.2) is 17.1 Å². The average Bonchev–Trinajstić information content (AvgIpc) is 3.05. The highest BCUT2D eigenvalue weighted by Gasteiger charge is 2.46. The van der Waals surface area contributed by atoms with Gasteiger partial charge in [-0.3, -0.25) is 19.4 Å². The van der Waals surface area contributed by atoms with E-state index in [1.165, 1.54) is 16.8 Å². The number of nitrogens with zero attached hydrogens (tertiary/aromatic N) is 2. The Bertz CT molecular complexity index is 848. The third-order valence-electron chi connectivity index (χ3n) is 5.38. The molecule has 0 bridgehead atoms. The number of nitrogens with two attached hydrogens (primary N) is 1. The molecule has 1 heterocycles. The molecule has 3 unspecified atom stereocenters. The molecule has 0 aromatic carbocycles. The van der Waals surface area contributed by atoms with Crippen molar-refractivity contribution in [1.29, 1.82) is 0 Å². The van der Waals surface area contributed by atoms with Gasteiger partial charge in [-0.1, -0.05) is 18.8 Å². The maximum Gasteiger partial charge on any atom is 0.349 e. The van der Waals surface area contributed by atoms with Crippen LogP contribution in [-0.4, -0.2) is 43.9 Å². The van der Waals surface area contributed by atoms with Crippen LogP contribution < -0.4 is 16.9 Å². The van der Waals surface area contributed by atoms with Crippen LogP contribution in [0.25, 0.3) is 0 Å². The molecule has 1 amide bonds. The Morgan fingerprint density at radius 2 is 2.07 bits per heavy atom. The molecule has 10 nitrogen and oxygen atoms in total. The number of nitrogens with one attached hydrogen (secondary N) is 1. The number of unbranched alkanes of at least 4 members (excludes halogenated alkanes) is 3. The van der Waals surface area contributed by atoms with E-state index in [1.54, 1.807) is 5.48 Å². The van der Waals surface area contributed by atoms with Gasteiger partial charge in [0.1, 0.15) is 11.4 Å². The molecular weight excluding hydrogens is 392 g/mol. The van der Waals surface area contributed by atoms with Crippen LogP contribution in [0.3, 0.4) is 0 Å². The topological polar surface area (TPSA) is 157 Å². The normalized spacial score (nSPS) is 23.0. The Morgan fingerprint density at radius 1 is 1.37 bits per heavy atom. The van der Waals surface area contributed by atoms with Crippen molar-refractivity contribution in [3.63, 3.8) is 0 Å². The van der Waals surface area contributed by atoms with Crippen LogP contribution in [0.4, 0.5) is 5.82 Å². The zero-order valence-corrected chi connectivity index (χ0v) is 16.7. The van der Waals surface area contributed by atoms with Gasteiger partial charge in [0, 0.05) is 37.4 Å². The summed E-state index contributed by atoms with van der Waals surface area (Å²) in [6, 6.07) is 1.13. The number of anilines is 1. The van der Waals surface area contributed by atoms with Gasteiger partial charge in [-0.25, -0.2) is 10.3 Å². The molecule has 0 aliphatic heterocycles. The van der Waals surface area contributed by atoms with Gasteiger partial charge < -0.3 is 15.6 Å². The molecule has 30 heavy (non-hydrogen) atoms. The number of amides is 1. The van der Waals surface area contributed by atoms with Crippen molar-refractivity contribution in [3.05, 3.63) is 22.7 Å². The Morgan fingerprint density at radius 3 is 2.70 bits per heavy atom. The summed E-state index contributed by atoms with van der Waals surface area (Å²) in [5.41, 5.74) is 5.07. The van der Waals surface area contributed by atoms with E-state index < -0.39 is 29.1 Å². The Hall–Kier alpha value is -2.90. The van der Waals surface area contributed by atoms with E-state index in [9.17, 15) is 19.5 Å². The van der Waals surface area contributed by atoms with Crippen LogP contribution in [0.2, 0.25) is 0 Å². The predicted molar refractivity (Wildman–Crippen MR) is 107 cm³/mol. The largest absolute Gasteiger partial charge is 0.465 e. The Kier molecular flexibility index (Phi) is 8.38.